The molecule has 2 aromatic rings. The zero-order valence-corrected chi connectivity index (χ0v) is 12.0. The van der Waals surface area contributed by atoms with Crippen molar-refractivity contribution in [2.24, 2.45) is 4.99 Å². The number of esters is 1. The Morgan fingerprint density at radius 3 is 2.65 bits per heavy atom. The molecular weight excluding hydrogens is 309 g/mol. The molecule has 118 valence electrons. The summed E-state index contributed by atoms with van der Waals surface area (Å²) in [4.78, 5) is 19.4. The summed E-state index contributed by atoms with van der Waals surface area (Å²) in [6.07, 6.45) is -1.53. The van der Waals surface area contributed by atoms with Crippen LogP contribution in [0.4, 0.5) is 13.2 Å². The number of hydrogen-bond acceptors (Lipinski definition) is 4. The molecule has 1 aliphatic rings. The summed E-state index contributed by atoms with van der Waals surface area (Å²) in [6, 6.07) is 5.15. The van der Waals surface area contributed by atoms with Crippen LogP contribution in [0.5, 0.6) is 0 Å². The van der Waals surface area contributed by atoms with Gasteiger partial charge in [0.1, 0.15) is 5.69 Å². The van der Waals surface area contributed by atoms with Crippen molar-refractivity contribution in [3.05, 3.63) is 52.8 Å². The number of nitrogens with zero attached hydrogens (tertiary/aromatic N) is 2. The van der Waals surface area contributed by atoms with Crippen LogP contribution in [0.1, 0.15) is 27.2 Å². The standard InChI is InChI=1S/C16H11F3N2O2/c1-23-15(22)14-3-2-9(7-21-14)12-5-11(16(17,18)19)4-10-6-20-8-13(10)12/h2-5,7-8H,6H2,1H3. The molecule has 0 unspecified atom stereocenters. The van der Waals surface area contributed by atoms with Crippen molar-refractivity contribution < 1.29 is 22.7 Å². The second kappa shape index (κ2) is 5.49. The third-order valence-electron chi connectivity index (χ3n) is 3.54. The number of ether oxygens (including phenoxy) is 1. The van der Waals surface area contributed by atoms with Crippen LogP contribution < -0.4 is 0 Å². The minimum absolute atomic E-state index is 0.0912. The van der Waals surface area contributed by atoms with Gasteiger partial charge >= 0.3 is 12.1 Å². The summed E-state index contributed by atoms with van der Waals surface area (Å²) in [5, 5.41) is 0. The number of pyridine rings is 1. The summed E-state index contributed by atoms with van der Waals surface area (Å²) < 4.78 is 43.7. The Balaban J connectivity index is 2.10. The predicted octanol–water partition coefficient (Wildman–Crippen LogP) is 3.49. The van der Waals surface area contributed by atoms with Crippen molar-refractivity contribution >= 4 is 12.2 Å². The van der Waals surface area contributed by atoms with Crippen LogP contribution in [0.3, 0.4) is 0 Å². The van der Waals surface area contributed by atoms with Crippen LogP contribution in [0.25, 0.3) is 11.1 Å². The maximum absolute atomic E-state index is 13.1. The summed E-state index contributed by atoms with van der Waals surface area (Å²) in [5.41, 5.74) is 1.40. The second-order valence-corrected chi connectivity index (χ2v) is 4.99. The fourth-order valence-electron chi connectivity index (χ4n) is 2.41. The van der Waals surface area contributed by atoms with Crippen molar-refractivity contribution in [1.82, 2.24) is 4.98 Å². The number of methoxy groups -OCH3 is 1. The van der Waals surface area contributed by atoms with Crippen molar-refractivity contribution in [2.45, 2.75) is 12.7 Å². The Bertz CT molecular complexity index is 796. The molecular formula is C16H11F3N2O2. The van der Waals surface area contributed by atoms with Crippen LogP contribution in [0.2, 0.25) is 0 Å². The van der Waals surface area contributed by atoms with Gasteiger partial charge in [0.2, 0.25) is 0 Å². The highest BCUT2D eigenvalue weighted by atomic mass is 19.4. The van der Waals surface area contributed by atoms with Gasteiger partial charge in [-0.05, 0) is 29.3 Å². The Morgan fingerprint density at radius 1 is 1.26 bits per heavy atom. The van der Waals surface area contributed by atoms with Gasteiger partial charge in [-0.3, -0.25) is 4.99 Å². The number of rotatable bonds is 2. The lowest BCUT2D eigenvalue weighted by atomic mass is 9.95. The van der Waals surface area contributed by atoms with E-state index in [1.54, 1.807) is 12.3 Å². The first-order chi connectivity index (χ1) is 10.9. The Morgan fingerprint density at radius 2 is 2.04 bits per heavy atom. The highest BCUT2D eigenvalue weighted by Crippen LogP contribution is 2.36. The molecule has 0 amide bonds. The molecule has 0 saturated heterocycles. The fraction of sp³-hybridized carbons (Fsp3) is 0.188. The molecule has 0 radical (unpaired) electrons. The van der Waals surface area contributed by atoms with E-state index in [1.807, 2.05) is 0 Å². The first kappa shape index (κ1) is 15.2. The van der Waals surface area contributed by atoms with Gasteiger partial charge < -0.3 is 4.74 Å². The van der Waals surface area contributed by atoms with E-state index < -0.39 is 17.7 Å². The van der Waals surface area contributed by atoms with Crippen LogP contribution in [-0.4, -0.2) is 24.3 Å². The number of aromatic nitrogens is 1. The summed E-state index contributed by atoms with van der Waals surface area (Å²) in [6.45, 7) is 0.222. The third kappa shape index (κ3) is 2.81. The van der Waals surface area contributed by atoms with Crippen LogP contribution in [0.15, 0.2) is 35.5 Å². The van der Waals surface area contributed by atoms with E-state index in [4.69, 9.17) is 0 Å². The highest BCUT2D eigenvalue weighted by molar-refractivity contribution is 5.95. The lowest BCUT2D eigenvalue weighted by Crippen LogP contribution is -2.07. The molecule has 1 aliphatic heterocycles. The molecule has 0 fully saturated rings. The van der Waals surface area contributed by atoms with Gasteiger partial charge in [-0.2, -0.15) is 13.2 Å². The van der Waals surface area contributed by atoms with Crippen molar-refractivity contribution in [3.63, 3.8) is 0 Å². The number of hydrogen-bond donors (Lipinski definition) is 0. The van der Waals surface area contributed by atoms with Gasteiger partial charge in [0, 0.05) is 23.5 Å². The molecule has 0 N–H and O–H groups in total. The lowest BCUT2D eigenvalue weighted by Gasteiger charge is -2.13. The molecule has 1 aromatic heterocycles. The van der Waals surface area contributed by atoms with Crippen molar-refractivity contribution in [3.8, 4) is 11.1 Å². The molecule has 0 bridgehead atoms. The average molecular weight is 320 g/mol. The van der Waals surface area contributed by atoms with Crippen molar-refractivity contribution in [2.75, 3.05) is 7.11 Å². The maximum Gasteiger partial charge on any atom is 0.416 e. The average Bonchev–Trinajstić information content (AvgIpc) is 3.01. The number of alkyl halides is 3. The van der Waals surface area contributed by atoms with Crippen LogP contribution in [-0.2, 0) is 17.5 Å². The first-order valence-corrected chi connectivity index (χ1v) is 6.69. The molecule has 7 heteroatoms. The lowest BCUT2D eigenvalue weighted by molar-refractivity contribution is -0.137. The number of aliphatic imine (C=N–C) groups is 1. The van der Waals surface area contributed by atoms with Gasteiger partial charge in [0.25, 0.3) is 0 Å². The van der Waals surface area contributed by atoms with Crippen molar-refractivity contribution in [1.29, 1.82) is 0 Å². The molecule has 1 aromatic carbocycles. The SMILES string of the molecule is COC(=O)c1ccc(-c2cc(C(F)(F)F)cc3c2C=NC3)cn1. The molecule has 0 spiro atoms. The Hall–Kier alpha value is -2.70. The van der Waals surface area contributed by atoms with E-state index in [9.17, 15) is 18.0 Å². The van der Waals surface area contributed by atoms with Gasteiger partial charge in [-0.15, -0.1) is 0 Å². The Kier molecular flexibility index (Phi) is 3.63. The molecule has 23 heavy (non-hydrogen) atoms. The summed E-state index contributed by atoms with van der Waals surface area (Å²) >= 11 is 0. The molecule has 0 atom stereocenters. The fourth-order valence-corrected chi connectivity index (χ4v) is 2.41. The number of fused-ring (bicyclic) bond motifs is 1. The summed E-state index contributed by atoms with van der Waals surface area (Å²) in [7, 11) is 1.23. The monoisotopic (exact) mass is 320 g/mol. The summed E-state index contributed by atoms with van der Waals surface area (Å²) in [5.74, 6) is -0.604. The van der Waals surface area contributed by atoms with E-state index >= 15 is 0 Å². The normalized spacial score (nSPS) is 13.0. The largest absolute Gasteiger partial charge is 0.464 e. The third-order valence-corrected chi connectivity index (χ3v) is 3.54. The second-order valence-electron chi connectivity index (χ2n) is 4.99. The molecule has 0 saturated carbocycles. The number of halogens is 3. The smallest absolute Gasteiger partial charge is 0.416 e. The van der Waals surface area contributed by atoms with Gasteiger partial charge in [0.15, 0.2) is 0 Å². The van der Waals surface area contributed by atoms with E-state index in [-0.39, 0.29) is 12.2 Å². The van der Waals surface area contributed by atoms with Gasteiger partial charge in [-0.25, -0.2) is 9.78 Å². The highest BCUT2D eigenvalue weighted by Gasteiger charge is 2.32. The zero-order valence-electron chi connectivity index (χ0n) is 12.0. The van der Waals surface area contributed by atoms with Gasteiger partial charge in [0.05, 0.1) is 19.2 Å². The molecule has 0 aliphatic carbocycles. The molecule has 2 heterocycles. The topological polar surface area (TPSA) is 51.5 Å². The first-order valence-electron chi connectivity index (χ1n) is 6.69. The van der Waals surface area contributed by atoms with E-state index in [0.717, 1.165) is 12.1 Å². The van der Waals surface area contributed by atoms with Crippen LogP contribution in [0, 0.1) is 0 Å². The number of carbonyl (C=O) groups is 1. The zero-order chi connectivity index (χ0) is 16.6. The maximum atomic E-state index is 13.1. The number of carbonyl (C=O) groups excluding carboxylic acids is 1. The van der Waals surface area contributed by atoms with Gasteiger partial charge in [-0.1, -0.05) is 6.07 Å². The van der Waals surface area contributed by atoms with E-state index in [0.29, 0.717) is 22.3 Å². The minimum Gasteiger partial charge on any atom is -0.464 e. The quantitative estimate of drug-likeness (QED) is 0.796. The number of benzene rings is 1. The predicted molar refractivity (Wildman–Crippen MR) is 77.3 cm³/mol. The molecule has 3 rings (SSSR count). The minimum atomic E-state index is -4.44. The Labute approximate surface area is 129 Å². The van der Waals surface area contributed by atoms with Crippen LogP contribution >= 0.6 is 0 Å². The molecule has 4 nitrogen and oxygen atoms in total. The van der Waals surface area contributed by atoms with E-state index in [2.05, 4.69) is 14.7 Å². The van der Waals surface area contributed by atoms with E-state index in [1.165, 1.54) is 19.4 Å².